The van der Waals surface area contributed by atoms with Crippen LogP contribution in [0.3, 0.4) is 0 Å². The maximum Gasteiger partial charge on any atom is 0.335 e. The number of ether oxygens (including phenoxy) is 3. The summed E-state index contributed by atoms with van der Waals surface area (Å²) < 4.78 is 61.1. The van der Waals surface area contributed by atoms with E-state index in [0.717, 1.165) is 132 Å². The number of aromatic carboxylic acids is 1. The quantitative estimate of drug-likeness (QED) is 0.0806. The standard InChI is InChI=1S/2C25H26FN9O2.C18H23N9O.C7H5FO2.ClH/c2*26-18-3-1-16(2-4-18)23(36)33-7-5-19(6-8-33)35-22-20(15-30-35)21(17-13-28-24(27)29-14-17)31-25(32-22)34-9-11-37-12-10-34;19-17-21-9-12(10-22-17)15-14-11-23-27(13-1-3-20-4-2-13)16(14)25-18(24-15)26-5-7-28-8-6-26;8-6-3-1-5(2-4-6)7(9)10;/h2*1-4,13-15,19H,5-12H2,(H2,27,28,29);9-11,13,20H,1-8H2,(H2,19,21,22);1-4H,(H,9,10);1H. The normalized spacial score (nSPS) is 16.5. The molecule has 12 aromatic rings. The summed E-state index contributed by atoms with van der Waals surface area (Å²) in [5, 5.41) is 28.4. The van der Waals surface area contributed by atoms with E-state index in [9.17, 15) is 27.6 Å². The third kappa shape index (κ3) is 17.9. The van der Waals surface area contributed by atoms with Crippen molar-refractivity contribution in [2.24, 2.45) is 0 Å². The largest absolute Gasteiger partial charge is 0.478 e. The fraction of sp³-hybridized carbons (Fsp3) is 0.360. The molecule has 6 fully saturated rings. The highest BCUT2D eigenvalue weighted by Gasteiger charge is 2.32. The second-order valence-corrected chi connectivity index (χ2v) is 27.2. The highest BCUT2D eigenvalue weighted by Crippen LogP contribution is 2.36. The molecule has 34 nitrogen and oxygen atoms in total. The number of carboxylic acid groups (broad SMARTS) is 1. The summed E-state index contributed by atoms with van der Waals surface area (Å²) in [5.74, 6) is 0.170. The van der Waals surface area contributed by atoms with Crippen molar-refractivity contribution in [3.8, 4) is 33.8 Å². The summed E-state index contributed by atoms with van der Waals surface area (Å²) in [6.07, 6.45) is 20.4. The molecule has 18 rings (SSSR count). The number of hydrogen-bond acceptors (Lipinski definition) is 28. The number of benzene rings is 3. The number of amides is 2. The minimum Gasteiger partial charge on any atom is -0.478 e. The van der Waals surface area contributed by atoms with Crippen LogP contribution in [-0.4, -0.2) is 240 Å². The van der Waals surface area contributed by atoms with Crippen molar-refractivity contribution in [1.29, 1.82) is 0 Å². The van der Waals surface area contributed by atoms with Gasteiger partial charge in [0.2, 0.25) is 35.7 Å². The van der Waals surface area contributed by atoms with Gasteiger partial charge in [-0.05, 0) is 124 Å². The number of nitrogen functional groups attached to an aromatic ring is 3. The summed E-state index contributed by atoms with van der Waals surface area (Å²) in [7, 11) is 0. The van der Waals surface area contributed by atoms with E-state index in [2.05, 4.69) is 59.7 Å². The molecule has 0 unspecified atom stereocenters. The predicted molar refractivity (Wildman–Crippen MR) is 414 cm³/mol. The van der Waals surface area contributed by atoms with Crippen LogP contribution in [0.2, 0.25) is 0 Å². The number of rotatable bonds is 12. The Morgan fingerprint density at radius 1 is 0.381 bits per heavy atom. The van der Waals surface area contributed by atoms with Gasteiger partial charge in [0, 0.05) is 130 Å². The van der Waals surface area contributed by atoms with Crippen LogP contribution in [0.25, 0.3) is 66.9 Å². The maximum absolute atomic E-state index is 13.3. The van der Waals surface area contributed by atoms with Crippen molar-refractivity contribution >= 4 is 99.0 Å². The molecule has 586 valence electrons. The van der Waals surface area contributed by atoms with Crippen LogP contribution in [0.4, 0.5) is 48.9 Å². The molecule has 6 aliphatic heterocycles. The first kappa shape index (κ1) is 77.4. The first-order valence-electron chi connectivity index (χ1n) is 36.9. The highest BCUT2D eigenvalue weighted by molar-refractivity contribution is 5.96. The zero-order chi connectivity index (χ0) is 77.2. The number of hydrogen-bond donors (Lipinski definition) is 5. The number of halogens is 4. The minimum atomic E-state index is -1.04. The van der Waals surface area contributed by atoms with Gasteiger partial charge in [0.25, 0.3) is 11.8 Å². The zero-order valence-corrected chi connectivity index (χ0v) is 62.1. The monoisotopic (exact) mass is 1560 g/mol. The molecule has 38 heteroatoms. The number of carboxylic acids is 1. The van der Waals surface area contributed by atoms with E-state index in [4.69, 9.17) is 76.6 Å². The fourth-order valence-corrected chi connectivity index (χ4v) is 14.1. The van der Waals surface area contributed by atoms with E-state index in [1.807, 2.05) is 15.6 Å². The van der Waals surface area contributed by atoms with Gasteiger partial charge in [0.1, 0.15) is 17.5 Å². The molecule has 6 saturated heterocycles. The Balaban J connectivity index is 0.000000133. The van der Waals surface area contributed by atoms with Crippen molar-refractivity contribution in [2.45, 2.75) is 56.7 Å². The van der Waals surface area contributed by atoms with Gasteiger partial charge >= 0.3 is 5.97 Å². The van der Waals surface area contributed by atoms with Gasteiger partial charge in [-0.3, -0.25) is 9.59 Å². The second-order valence-electron chi connectivity index (χ2n) is 27.2. The predicted octanol–water partition coefficient (Wildman–Crippen LogP) is 7.21. The molecule has 0 bridgehead atoms. The van der Waals surface area contributed by atoms with Crippen LogP contribution >= 0.6 is 12.4 Å². The Kier molecular flexibility index (Phi) is 24.2. The van der Waals surface area contributed by atoms with E-state index in [1.165, 1.54) is 60.7 Å². The molecule has 113 heavy (non-hydrogen) atoms. The van der Waals surface area contributed by atoms with Gasteiger partial charge in [-0.2, -0.15) is 30.2 Å². The molecule has 0 spiro atoms. The van der Waals surface area contributed by atoms with Crippen molar-refractivity contribution in [2.75, 3.05) is 150 Å². The highest BCUT2D eigenvalue weighted by atomic mass is 35.5. The summed E-state index contributed by atoms with van der Waals surface area (Å²) in [5.41, 5.74) is 24.9. The number of morpholine rings is 3. The van der Waals surface area contributed by atoms with Crippen LogP contribution in [0.1, 0.15) is 87.7 Å². The lowest BCUT2D eigenvalue weighted by atomic mass is 10.0. The molecule has 3 aromatic carbocycles. The smallest absolute Gasteiger partial charge is 0.335 e. The van der Waals surface area contributed by atoms with Crippen LogP contribution in [0.5, 0.6) is 0 Å². The fourth-order valence-electron chi connectivity index (χ4n) is 14.1. The zero-order valence-electron chi connectivity index (χ0n) is 61.3. The molecule has 6 aliphatic rings. The van der Waals surface area contributed by atoms with Gasteiger partial charge in [0.15, 0.2) is 16.9 Å². The Morgan fingerprint density at radius 3 is 0.938 bits per heavy atom. The Morgan fingerprint density at radius 2 is 0.655 bits per heavy atom. The molecular formula is C75H81ClF3N27O7. The number of piperidine rings is 3. The van der Waals surface area contributed by atoms with Crippen molar-refractivity contribution in [3.05, 3.63) is 163 Å². The second kappa shape index (κ2) is 35.4. The Hall–Kier alpha value is -12.3. The first-order chi connectivity index (χ1) is 54.6. The molecule has 9 aromatic heterocycles. The van der Waals surface area contributed by atoms with E-state index < -0.39 is 11.8 Å². The van der Waals surface area contributed by atoms with E-state index in [1.54, 1.807) is 59.4 Å². The molecule has 0 atom stereocenters. The average Bonchev–Trinajstić information content (AvgIpc) is 1.63. The first-order valence-corrected chi connectivity index (χ1v) is 36.9. The molecule has 15 heterocycles. The molecular weight excluding hydrogens is 1480 g/mol. The number of carbonyl (C=O) groups is 3. The molecule has 8 N–H and O–H groups in total. The molecule has 0 saturated carbocycles. The van der Waals surface area contributed by atoms with Gasteiger partial charge in [-0.25, -0.2) is 76.9 Å². The molecule has 0 radical (unpaired) electrons. The van der Waals surface area contributed by atoms with Crippen molar-refractivity contribution in [1.82, 2.24) is 104 Å². The SMILES string of the molecule is Cl.Nc1ncc(-c2nc(N3CCOCC3)nc3c2cnn3C2CCN(C(=O)c3ccc(F)cc3)CC2)cn1.Nc1ncc(-c2nc(N3CCOCC3)nc3c2cnn3C2CCN(C(=O)c3ccc(F)cc3)CC2)cn1.Nc1ncc(-c2nc(N3CCOCC3)nc3c2cnn3C2CCNCC2)cn1.O=C(O)c1ccc(F)cc1. The van der Waals surface area contributed by atoms with Crippen molar-refractivity contribution < 1.29 is 46.9 Å². The number of nitrogens with one attached hydrogen (secondary N) is 1. The summed E-state index contributed by atoms with van der Waals surface area (Å²) in [4.78, 5) is 100. The van der Waals surface area contributed by atoms with Gasteiger partial charge < -0.3 is 66.3 Å². The number of carbonyl (C=O) groups excluding carboxylic acids is 2. The third-order valence-electron chi connectivity index (χ3n) is 20.2. The number of nitrogens with zero attached hydrogens (tertiary/aromatic N) is 23. The van der Waals surface area contributed by atoms with E-state index in [-0.39, 0.29) is 71.3 Å². The van der Waals surface area contributed by atoms with Crippen molar-refractivity contribution in [3.63, 3.8) is 0 Å². The summed E-state index contributed by atoms with van der Waals surface area (Å²) in [6.45, 7) is 12.4. The Bertz CT molecular complexity index is 5030. The van der Waals surface area contributed by atoms with Gasteiger partial charge in [-0.1, -0.05) is 0 Å². The maximum atomic E-state index is 13.3. The topological polar surface area (TPSA) is 414 Å². The summed E-state index contributed by atoms with van der Waals surface area (Å²) >= 11 is 0. The number of anilines is 6. The minimum absolute atomic E-state index is 0. The van der Waals surface area contributed by atoms with Gasteiger partial charge in [0.05, 0.1) is 115 Å². The lowest BCUT2D eigenvalue weighted by Gasteiger charge is -2.32. The average molecular weight is 1570 g/mol. The van der Waals surface area contributed by atoms with Crippen LogP contribution in [0, 0.1) is 17.5 Å². The number of likely N-dealkylation sites (tertiary alicyclic amines) is 2. The van der Waals surface area contributed by atoms with E-state index in [0.29, 0.717) is 138 Å². The van der Waals surface area contributed by atoms with Crippen LogP contribution in [0.15, 0.2) is 129 Å². The lowest BCUT2D eigenvalue weighted by Crippen LogP contribution is -2.39. The molecule has 0 aliphatic carbocycles. The lowest BCUT2D eigenvalue weighted by molar-refractivity contribution is 0.0684. The number of nitrogens with two attached hydrogens (primary N) is 3. The van der Waals surface area contributed by atoms with Crippen LogP contribution in [-0.2, 0) is 14.2 Å². The van der Waals surface area contributed by atoms with Gasteiger partial charge in [-0.15, -0.1) is 12.4 Å². The number of aromatic nitrogens is 18. The Labute approximate surface area is 650 Å². The van der Waals surface area contributed by atoms with E-state index >= 15 is 0 Å². The van der Waals surface area contributed by atoms with Crippen LogP contribution < -0.4 is 37.2 Å². The third-order valence-corrected chi connectivity index (χ3v) is 20.2. The number of fused-ring (bicyclic) bond motifs is 3. The molecule has 2 amide bonds. The summed E-state index contributed by atoms with van der Waals surface area (Å²) in [6, 6.07) is 16.5.